The number of hydrogen-bond acceptors (Lipinski definition) is 3. The van der Waals surface area contributed by atoms with E-state index in [9.17, 15) is 0 Å². The minimum Gasteiger partial charge on any atom is -0.381 e. The lowest BCUT2D eigenvalue weighted by Gasteiger charge is -2.25. The van der Waals surface area contributed by atoms with Gasteiger partial charge in [0.05, 0.1) is 5.02 Å². The van der Waals surface area contributed by atoms with Crippen LogP contribution in [-0.4, -0.2) is 24.2 Å². The molecule has 18 heavy (non-hydrogen) atoms. The van der Waals surface area contributed by atoms with Crippen molar-refractivity contribution >= 4 is 17.4 Å². The van der Waals surface area contributed by atoms with Crippen molar-refractivity contribution in [2.45, 2.75) is 45.1 Å². The van der Waals surface area contributed by atoms with Crippen LogP contribution in [-0.2, 0) is 10.2 Å². The third-order valence-corrected chi connectivity index (χ3v) is 3.54. The molecule has 1 saturated heterocycles. The zero-order valence-electron chi connectivity index (χ0n) is 11.3. The summed E-state index contributed by atoms with van der Waals surface area (Å²) in [5.41, 5.74) is 1.17. The van der Waals surface area contributed by atoms with Crippen LogP contribution in [0.4, 0.5) is 5.82 Å². The molecule has 1 fully saturated rings. The molecule has 1 aliphatic heterocycles. The van der Waals surface area contributed by atoms with Gasteiger partial charge >= 0.3 is 0 Å². The average Bonchev–Trinajstić information content (AvgIpc) is 2.31. The number of nitrogens with zero attached hydrogens (tertiary/aromatic N) is 1. The Balaban J connectivity index is 2.14. The molecular weight excluding hydrogens is 248 g/mol. The van der Waals surface area contributed by atoms with Gasteiger partial charge in [-0.25, -0.2) is 4.98 Å². The first-order valence-corrected chi connectivity index (χ1v) is 6.85. The molecule has 0 radical (unpaired) electrons. The van der Waals surface area contributed by atoms with E-state index in [0.29, 0.717) is 6.04 Å². The molecule has 2 rings (SSSR count). The van der Waals surface area contributed by atoms with Gasteiger partial charge in [-0.1, -0.05) is 32.4 Å². The highest BCUT2D eigenvalue weighted by Crippen LogP contribution is 2.30. The summed E-state index contributed by atoms with van der Waals surface area (Å²) in [6.07, 6.45) is 3.81. The summed E-state index contributed by atoms with van der Waals surface area (Å²) >= 11 is 6.21. The molecule has 2 heterocycles. The first-order chi connectivity index (χ1) is 8.47. The largest absolute Gasteiger partial charge is 0.381 e. The van der Waals surface area contributed by atoms with Gasteiger partial charge < -0.3 is 10.1 Å². The standard InChI is InChI=1S/C14H21ClN2O/c1-14(2,3)11-8-13(16-9-12(11)15)17-10-4-6-18-7-5-10/h8-10H,4-7H2,1-3H3,(H,16,17). The Bertz CT molecular complexity index is 409. The Hall–Kier alpha value is -0.800. The monoisotopic (exact) mass is 268 g/mol. The van der Waals surface area contributed by atoms with Crippen LogP contribution in [0.15, 0.2) is 12.3 Å². The maximum atomic E-state index is 6.21. The summed E-state index contributed by atoms with van der Waals surface area (Å²) in [6, 6.07) is 2.53. The first-order valence-electron chi connectivity index (χ1n) is 6.47. The quantitative estimate of drug-likeness (QED) is 0.890. The molecular formula is C14H21ClN2O. The third kappa shape index (κ3) is 3.36. The lowest BCUT2D eigenvalue weighted by Crippen LogP contribution is -2.28. The summed E-state index contributed by atoms with van der Waals surface area (Å²) in [6.45, 7) is 8.14. The molecule has 0 spiro atoms. The van der Waals surface area contributed by atoms with Crippen molar-refractivity contribution in [3.63, 3.8) is 0 Å². The molecule has 0 amide bonds. The number of anilines is 1. The number of rotatable bonds is 2. The third-order valence-electron chi connectivity index (χ3n) is 3.24. The topological polar surface area (TPSA) is 34.1 Å². The Morgan fingerprint density at radius 2 is 2.00 bits per heavy atom. The van der Waals surface area contributed by atoms with Crippen LogP contribution >= 0.6 is 11.6 Å². The summed E-state index contributed by atoms with van der Waals surface area (Å²) < 4.78 is 5.35. The second-order valence-corrected chi connectivity index (χ2v) is 6.24. The molecule has 0 atom stereocenters. The van der Waals surface area contributed by atoms with E-state index in [0.717, 1.165) is 42.5 Å². The van der Waals surface area contributed by atoms with Crippen molar-refractivity contribution in [3.05, 3.63) is 22.8 Å². The minimum atomic E-state index is 0.0339. The molecule has 1 aromatic rings. The highest BCUT2D eigenvalue weighted by Gasteiger charge is 2.20. The molecule has 3 nitrogen and oxygen atoms in total. The zero-order chi connectivity index (χ0) is 13.2. The van der Waals surface area contributed by atoms with Gasteiger partial charge in [-0.2, -0.15) is 0 Å². The van der Waals surface area contributed by atoms with Gasteiger partial charge in [0, 0.05) is 25.5 Å². The maximum Gasteiger partial charge on any atom is 0.126 e. The van der Waals surface area contributed by atoms with Crippen LogP contribution in [0.25, 0.3) is 0 Å². The van der Waals surface area contributed by atoms with Crippen LogP contribution in [0, 0.1) is 0 Å². The molecule has 4 heteroatoms. The Labute approximate surface area is 114 Å². The van der Waals surface area contributed by atoms with E-state index in [2.05, 4.69) is 37.1 Å². The highest BCUT2D eigenvalue weighted by molar-refractivity contribution is 6.31. The fourth-order valence-corrected chi connectivity index (χ4v) is 2.53. The lowest BCUT2D eigenvalue weighted by atomic mass is 9.87. The predicted octanol–water partition coefficient (Wildman–Crippen LogP) is 3.62. The predicted molar refractivity (Wildman–Crippen MR) is 75.4 cm³/mol. The number of hydrogen-bond donors (Lipinski definition) is 1. The Kier molecular flexibility index (Phi) is 4.13. The Morgan fingerprint density at radius 1 is 1.33 bits per heavy atom. The molecule has 1 N–H and O–H groups in total. The van der Waals surface area contributed by atoms with E-state index < -0.39 is 0 Å². The van der Waals surface area contributed by atoms with Crippen molar-refractivity contribution in [3.8, 4) is 0 Å². The number of pyridine rings is 1. The van der Waals surface area contributed by atoms with Crippen molar-refractivity contribution < 1.29 is 4.74 Å². The molecule has 0 aromatic carbocycles. The second-order valence-electron chi connectivity index (χ2n) is 5.83. The Morgan fingerprint density at radius 3 is 2.61 bits per heavy atom. The van der Waals surface area contributed by atoms with Gasteiger partial charge in [-0.05, 0) is 29.9 Å². The normalized spacial score (nSPS) is 17.8. The van der Waals surface area contributed by atoms with Crippen molar-refractivity contribution in [2.75, 3.05) is 18.5 Å². The van der Waals surface area contributed by atoms with E-state index in [-0.39, 0.29) is 5.41 Å². The van der Waals surface area contributed by atoms with E-state index in [4.69, 9.17) is 16.3 Å². The average molecular weight is 269 g/mol. The van der Waals surface area contributed by atoms with Crippen molar-refractivity contribution in [1.29, 1.82) is 0 Å². The number of ether oxygens (including phenoxy) is 1. The molecule has 0 unspecified atom stereocenters. The fraction of sp³-hybridized carbons (Fsp3) is 0.643. The second kappa shape index (κ2) is 5.45. The van der Waals surface area contributed by atoms with E-state index in [1.807, 2.05) is 0 Å². The minimum absolute atomic E-state index is 0.0339. The van der Waals surface area contributed by atoms with Crippen LogP contribution in [0.1, 0.15) is 39.2 Å². The first kappa shape index (κ1) is 13.6. The fourth-order valence-electron chi connectivity index (χ4n) is 2.14. The lowest BCUT2D eigenvalue weighted by molar-refractivity contribution is 0.0904. The molecule has 1 aromatic heterocycles. The van der Waals surface area contributed by atoms with Crippen LogP contribution in [0.2, 0.25) is 5.02 Å². The zero-order valence-corrected chi connectivity index (χ0v) is 12.0. The van der Waals surface area contributed by atoms with Crippen molar-refractivity contribution in [2.24, 2.45) is 0 Å². The van der Waals surface area contributed by atoms with Crippen LogP contribution in [0.3, 0.4) is 0 Å². The molecule has 1 aliphatic rings. The van der Waals surface area contributed by atoms with E-state index in [1.165, 1.54) is 0 Å². The molecule has 0 saturated carbocycles. The van der Waals surface area contributed by atoms with Gasteiger partial charge in [0.25, 0.3) is 0 Å². The van der Waals surface area contributed by atoms with Gasteiger partial charge in [0.15, 0.2) is 0 Å². The van der Waals surface area contributed by atoms with Gasteiger partial charge in [0.1, 0.15) is 5.82 Å². The molecule has 0 bridgehead atoms. The van der Waals surface area contributed by atoms with Gasteiger partial charge in [0.2, 0.25) is 0 Å². The van der Waals surface area contributed by atoms with Crippen LogP contribution < -0.4 is 5.32 Å². The smallest absolute Gasteiger partial charge is 0.126 e. The highest BCUT2D eigenvalue weighted by atomic mass is 35.5. The van der Waals surface area contributed by atoms with E-state index >= 15 is 0 Å². The SMILES string of the molecule is CC(C)(C)c1cc(NC2CCOCC2)ncc1Cl. The van der Waals surface area contributed by atoms with E-state index in [1.54, 1.807) is 6.20 Å². The summed E-state index contributed by atoms with van der Waals surface area (Å²) in [4.78, 5) is 4.36. The number of nitrogens with one attached hydrogen (secondary N) is 1. The van der Waals surface area contributed by atoms with Gasteiger partial charge in [-0.3, -0.25) is 0 Å². The number of halogens is 1. The summed E-state index contributed by atoms with van der Waals surface area (Å²) in [7, 11) is 0. The number of aromatic nitrogens is 1. The van der Waals surface area contributed by atoms with Crippen molar-refractivity contribution in [1.82, 2.24) is 4.98 Å². The molecule has 0 aliphatic carbocycles. The van der Waals surface area contributed by atoms with Crippen LogP contribution in [0.5, 0.6) is 0 Å². The summed E-state index contributed by atoms with van der Waals surface area (Å²) in [5.74, 6) is 0.913. The maximum absolute atomic E-state index is 6.21. The molecule has 100 valence electrons. The summed E-state index contributed by atoms with van der Waals surface area (Å²) in [5, 5.41) is 4.21. The van der Waals surface area contributed by atoms with Gasteiger partial charge in [-0.15, -0.1) is 0 Å².